The van der Waals surface area contributed by atoms with Gasteiger partial charge in [-0.05, 0) is 35.9 Å². The predicted molar refractivity (Wildman–Crippen MR) is 110 cm³/mol. The van der Waals surface area contributed by atoms with Crippen LogP contribution in [-0.2, 0) is 9.59 Å². The Kier molecular flexibility index (Phi) is 6.75. The molecule has 0 aliphatic rings. The predicted octanol–water partition coefficient (Wildman–Crippen LogP) is 3.56. The van der Waals surface area contributed by atoms with E-state index in [4.69, 9.17) is 4.74 Å². The maximum atomic E-state index is 13.6. The molecule has 7 heteroatoms. The summed E-state index contributed by atoms with van der Waals surface area (Å²) in [6, 6.07) is 18.8. The first kappa shape index (κ1) is 21.0. The number of carbonyl (C=O) groups excluding carboxylic acids is 3. The van der Waals surface area contributed by atoms with Crippen molar-refractivity contribution in [3.63, 3.8) is 0 Å². The third kappa shape index (κ3) is 5.41. The molecule has 3 rings (SSSR count). The highest BCUT2D eigenvalue weighted by molar-refractivity contribution is 6.01. The van der Waals surface area contributed by atoms with E-state index in [1.165, 1.54) is 25.1 Å². The fourth-order valence-corrected chi connectivity index (χ4v) is 2.81. The molecule has 0 fully saturated rings. The number of ether oxygens (including phenoxy) is 1. The first-order chi connectivity index (χ1) is 14.4. The van der Waals surface area contributed by atoms with Crippen molar-refractivity contribution in [2.45, 2.75) is 25.9 Å². The third-order valence-electron chi connectivity index (χ3n) is 4.49. The first-order valence-electron chi connectivity index (χ1n) is 9.46. The van der Waals surface area contributed by atoms with Crippen LogP contribution in [0, 0.1) is 5.82 Å². The number of nitrogens with one attached hydrogen (secondary N) is 2. The molecule has 0 radical (unpaired) electrons. The molecule has 1 atom stereocenters. The van der Waals surface area contributed by atoms with Crippen LogP contribution in [0.3, 0.4) is 0 Å². The Morgan fingerprint density at radius 1 is 0.900 bits per heavy atom. The van der Waals surface area contributed by atoms with E-state index in [0.717, 1.165) is 10.8 Å². The van der Waals surface area contributed by atoms with Gasteiger partial charge in [-0.25, -0.2) is 4.39 Å². The van der Waals surface area contributed by atoms with E-state index in [0.29, 0.717) is 5.56 Å². The molecule has 3 aromatic carbocycles. The second-order valence-electron chi connectivity index (χ2n) is 6.71. The lowest BCUT2D eigenvalue weighted by molar-refractivity contribution is -0.132. The molecule has 30 heavy (non-hydrogen) atoms. The Labute approximate surface area is 173 Å². The van der Waals surface area contributed by atoms with Gasteiger partial charge in [0.25, 0.3) is 5.91 Å². The Hall–Kier alpha value is -3.74. The second kappa shape index (κ2) is 9.65. The van der Waals surface area contributed by atoms with E-state index in [-0.39, 0.29) is 24.4 Å². The lowest BCUT2D eigenvalue weighted by Gasteiger charge is -2.15. The fraction of sp³-hybridized carbons (Fsp3) is 0.174. The number of Topliss-reactive ketones (excluding diaryl/α,β-unsaturated/α-hetero) is 1. The van der Waals surface area contributed by atoms with Crippen LogP contribution < -0.4 is 15.6 Å². The number of hydrazine groups is 1. The molecule has 3 aromatic rings. The molecule has 2 N–H and O–H groups in total. The molecule has 0 saturated carbocycles. The van der Waals surface area contributed by atoms with Crippen LogP contribution >= 0.6 is 0 Å². The molecule has 0 heterocycles. The number of para-hydroxylation sites is 1. The van der Waals surface area contributed by atoms with Crippen LogP contribution in [-0.4, -0.2) is 23.7 Å². The lowest BCUT2D eigenvalue weighted by Crippen LogP contribution is -2.47. The molecule has 0 aliphatic carbocycles. The highest BCUT2D eigenvalue weighted by atomic mass is 19.1. The summed E-state index contributed by atoms with van der Waals surface area (Å²) in [4.78, 5) is 36.3. The van der Waals surface area contributed by atoms with Gasteiger partial charge in [0.2, 0.25) is 5.91 Å². The second-order valence-corrected chi connectivity index (χ2v) is 6.71. The normalized spacial score (nSPS) is 11.5. The molecule has 0 unspecified atom stereocenters. The standard InChI is InChI=1S/C23H21FN2O4/c1-15(30-21-9-5-4-8-19(21)24)23(29)26-25-22(28)13-12-20(27)18-11-10-16-6-2-3-7-17(16)14-18/h2-11,14-15H,12-13H2,1H3,(H,25,28)(H,26,29)/t15-/m0/s1. The Morgan fingerprint density at radius 3 is 2.37 bits per heavy atom. The fourth-order valence-electron chi connectivity index (χ4n) is 2.81. The number of amides is 2. The SMILES string of the molecule is C[C@H](Oc1ccccc1F)C(=O)NNC(=O)CCC(=O)c1ccc2ccccc2c1. The van der Waals surface area contributed by atoms with Gasteiger partial charge in [-0.1, -0.05) is 48.5 Å². The highest BCUT2D eigenvalue weighted by Gasteiger charge is 2.17. The Balaban J connectivity index is 1.45. The number of fused-ring (bicyclic) bond motifs is 1. The number of rotatable bonds is 7. The van der Waals surface area contributed by atoms with Crippen LogP contribution in [0.2, 0.25) is 0 Å². The summed E-state index contributed by atoms with van der Waals surface area (Å²) in [6.45, 7) is 1.43. The first-order valence-corrected chi connectivity index (χ1v) is 9.46. The molecule has 0 aromatic heterocycles. The molecule has 0 bridgehead atoms. The third-order valence-corrected chi connectivity index (χ3v) is 4.49. The summed E-state index contributed by atoms with van der Waals surface area (Å²) in [5.41, 5.74) is 4.97. The van der Waals surface area contributed by atoms with Gasteiger partial charge >= 0.3 is 0 Å². The van der Waals surface area contributed by atoms with E-state index >= 15 is 0 Å². The van der Waals surface area contributed by atoms with Crippen molar-refractivity contribution >= 4 is 28.4 Å². The van der Waals surface area contributed by atoms with Gasteiger partial charge in [-0.2, -0.15) is 0 Å². The van der Waals surface area contributed by atoms with Crippen LogP contribution in [0.1, 0.15) is 30.1 Å². The molecule has 0 saturated heterocycles. The van der Waals surface area contributed by atoms with E-state index in [1.54, 1.807) is 18.2 Å². The minimum Gasteiger partial charge on any atom is -0.478 e. The molecule has 0 aliphatic heterocycles. The number of hydrogen-bond donors (Lipinski definition) is 2. The average Bonchev–Trinajstić information content (AvgIpc) is 2.76. The van der Waals surface area contributed by atoms with Crippen molar-refractivity contribution in [3.05, 3.63) is 78.1 Å². The Bertz CT molecular complexity index is 1080. The summed E-state index contributed by atoms with van der Waals surface area (Å²) < 4.78 is 18.8. The summed E-state index contributed by atoms with van der Waals surface area (Å²) >= 11 is 0. The average molecular weight is 408 g/mol. The van der Waals surface area contributed by atoms with Gasteiger partial charge in [-0.3, -0.25) is 25.2 Å². The van der Waals surface area contributed by atoms with Crippen molar-refractivity contribution in [2.24, 2.45) is 0 Å². The van der Waals surface area contributed by atoms with E-state index < -0.39 is 23.7 Å². The summed E-state index contributed by atoms with van der Waals surface area (Å²) in [5.74, 6) is -1.98. The highest BCUT2D eigenvalue weighted by Crippen LogP contribution is 2.18. The monoisotopic (exact) mass is 408 g/mol. The number of carbonyl (C=O) groups is 3. The van der Waals surface area contributed by atoms with Crippen molar-refractivity contribution in [1.82, 2.24) is 10.9 Å². The van der Waals surface area contributed by atoms with Gasteiger partial charge in [0.15, 0.2) is 23.5 Å². The minimum absolute atomic E-state index is 0.00131. The minimum atomic E-state index is -1.03. The zero-order valence-electron chi connectivity index (χ0n) is 16.4. The van der Waals surface area contributed by atoms with Crippen LogP contribution in [0.15, 0.2) is 66.7 Å². The maximum absolute atomic E-state index is 13.6. The zero-order chi connectivity index (χ0) is 21.5. The summed E-state index contributed by atoms with van der Waals surface area (Å²) in [6.07, 6.45) is -1.11. The van der Waals surface area contributed by atoms with Crippen LogP contribution in [0.4, 0.5) is 4.39 Å². The van der Waals surface area contributed by atoms with Gasteiger partial charge in [0.1, 0.15) is 0 Å². The van der Waals surface area contributed by atoms with Crippen molar-refractivity contribution in [1.29, 1.82) is 0 Å². The largest absolute Gasteiger partial charge is 0.478 e. The Morgan fingerprint density at radius 2 is 1.60 bits per heavy atom. The molecule has 0 spiro atoms. The molecule has 6 nitrogen and oxygen atoms in total. The van der Waals surface area contributed by atoms with Crippen LogP contribution in [0.5, 0.6) is 5.75 Å². The van der Waals surface area contributed by atoms with Gasteiger partial charge in [0, 0.05) is 18.4 Å². The summed E-state index contributed by atoms with van der Waals surface area (Å²) in [5, 5.41) is 1.98. The number of halogens is 1. The van der Waals surface area contributed by atoms with Crippen molar-refractivity contribution in [3.8, 4) is 5.75 Å². The van der Waals surface area contributed by atoms with Crippen LogP contribution in [0.25, 0.3) is 10.8 Å². The van der Waals surface area contributed by atoms with Gasteiger partial charge < -0.3 is 4.74 Å². The van der Waals surface area contributed by atoms with Crippen molar-refractivity contribution in [2.75, 3.05) is 0 Å². The molecule has 154 valence electrons. The van der Waals surface area contributed by atoms with Gasteiger partial charge in [0.05, 0.1) is 0 Å². The van der Waals surface area contributed by atoms with E-state index in [9.17, 15) is 18.8 Å². The van der Waals surface area contributed by atoms with Crippen molar-refractivity contribution < 1.29 is 23.5 Å². The smallest absolute Gasteiger partial charge is 0.279 e. The summed E-state index contributed by atoms with van der Waals surface area (Å²) in [7, 11) is 0. The topological polar surface area (TPSA) is 84.5 Å². The number of ketones is 1. The lowest BCUT2D eigenvalue weighted by atomic mass is 10.0. The molecule has 2 amide bonds. The number of benzene rings is 3. The number of hydrogen-bond acceptors (Lipinski definition) is 4. The molecular weight excluding hydrogens is 387 g/mol. The van der Waals surface area contributed by atoms with E-state index in [1.807, 2.05) is 30.3 Å². The van der Waals surface area contributed by atoms with E-state index in [2.05, 4.69) is 10.9 Å². The quantitative estimate of drug-likeness (QED) is 0.463. The molecular formula is C23H21FN2O4. The van der Waals surface area contributed by atoms with Gasteiger partial charge in [-0.15, -0.1) is 0 Å². The zero-order valence-corrected chi connectivity index (χ0v) is 16.4. The maximum Gasteiger partial charge on any atom is 0.279 e.